The number of hydrogen-bond donors (Lipinski definition) is 0. The third-order valence-electron chi connectivity index (χ3n) is 3.71. The number of fused-ring (bicyclic) bond motifs is 2. The lowest BCUT2D eigenvalue weighted by molar-refractivity contribution is 1.16. The molecule has 0 aliphatic carbocycles. The zero-order valence-corrected chi connectivity index (χ0v) is 15.5. The van der Waals surface area contributed by atoms with Gasteiger partial charge in [0, 0.05) is 11.4 Å². The first-order valence-corrected chi connectivity index (χ1v) is 8.52. The molecular weight excluding hydrogens is 320 g/mol. The van der Waals surface area contributed by atoms with E-state index in [9.17, 15) is 0 Å². The molecule has 3 rings (SSSR count). The van der Waals surface area contributed by atoms with Crippen LogP contribution in [0.15, 0.2) is 54.6 Å². The van der Waals surface area contributed by atoms with E-state index in [-0.39, 0.29) is 0 Å². The number of benzene rings is 2. The monoisotopic (exact) mass is 341 g/mol. The minimum absolute atomic E-state index is 0.754. The topological polar surface area (TPSA) is 51.6 Å². The number of aromatic nitrogens is 4. The highest BCUT2D eigenvalue weighted by Crippen LogP contribution is 2.09. The van der Waals surface area contributed by atoms with Gasteiger partial charge in [-0.05, 0) is 44.2 Å². The van der Waals surface area contributed by atoms with Crippen molar-refractivity contribution in [3.8, 4) is 0 Å². The second-order valence-electron chi connectivity index (χ2n) is 6.15. The fourth-order valence-corrected chi connectivity index (χ4v) is 2.73. The van der Waals surface area contributed by atoms with Crippen molar-refractivity contribution < 1.29 is 0 Å². The van der Waals surface area contributed by atoms with Crippen molar-refractivity contribution in [2.24, 2.45) is 0 Å². The van der Waals surface area contributed by atoms with Crippen molar-refractivity contribution >= 4 is 22.1 Å². The Kier molecular flexibility index (Phi) is 5.32. The fraction of sp³-hybridized carbons (Fsp3) is 0.182. The number of rotatable bonds is 0. The molecule has 0 N–H and O–H groups in total. The first-order chi connectivity index (χ1) is 12.5. The lowest BCUT2D eigenvalue weighted by Gasteiger charge is -2.05. The first-order valence-electron chi connectivity index (χ1n) is 8.52. The highest BCUT2D eigenvalue weighted by molar-refractivity contribution is 5.74. The van der Waals surface area contributed by atoms with Gasteiger partial charge in [-0.15, -0.1) is 11.4 Å². The summed E-state index contributed by atoms with van der Waals surface area (Å²) in [6.07, 6.45) is 0. The van der Waals surface area contributed by atoms with Crippen LogP contribution in [0.3, 0.4) is 0 Å². The van der Waals surface area contributed by atoms with Crippen LogP contribution in [0.2, 0.25) is 0 Å². The molecule has 4 nitrogen and oxygen atoms in total. The quantitative estimate of drug-likeness (QED) is 0.548. The van der Waals surface area contributed by atoms with Gasteiger partial charge in [0.1, 0.15) is 0 Å². The van der Waals surface area contributed by atoms with Gasteiger partial charge in [-0.3, -0.25) is 19.9 Å². The lowest BCUT2D eigenvalue weighted by atomic mass is 10.3. The molecule has 0 saturated carbocycles. The van der Waals surface area contributed by atoms with Gasteiger partial charge >= 0.3 is 0 Å². The van der Waals surface area contributed by atoms with E-state index in [1.165, 1.54) is 0 Å². The Labute approximate surface area is 153 Å². The molecule has 26 heavy (non-hydrogen) atoms. The van der Waals surface area contributed by atoms with Crippen LogP contribution < -0.4 is 0 Å². The van der Waals surface area contributed by atoms with Crippen LogP contribution in [0.25, 0.3) is 22.1 Å². The van der Waals surface area contributed by atoms with Gasteiger partial charge in [-0.1, -0.05) is 38.1 Å². The Morgan fingerprint density at radius 1 is 0.538 bits per heavy atom. The molecule has 0 saturated heterocycles. The highest BCUT2D eigenvalue weighted by Gasteiger charge is 1.93. The SMILES string of the molecule is Cc1[c-]c(C)nc2ccccc2nc(C)cc(C)nc2ccccc2n1. The maximum atomic E-state index is 4.70. The molecule has 0 radical (unpaired) electrons. The number of nitrogens with zero attached hydrogens (tertiary/aromatic N) is 4. The van der Waals surface area contributed by atoms with E-state index < -0.39 is 0 Å². The average molecular weight is 341 g/mol. The maximum Gasteiger partial charge on any atom is 0.0888 e. The molecule has 0 aliphatic rings. The Morgan fingerprint density at radius 2 is 0.885 bits per heavy atom. The van der Waals surface area contributed by atoms with E-state index in [2.05, 4.69) is 16.0 Å². The molecule has 0 amide bonds. The molecule has 0 atom stereocenters. The van der Waals surface area contributed by atoms with E-state index >= 15 is 0 Å². The molecular formula is C22H21N4-. The predicted molar refractivity (Wildman–Crippen MR) is 106 cm³/mol. The zero-order valence-electron chi connectivity index (χ0n) is 15.5. The van der Waals surface area contributed by atoms with Crippen molar-refractivity contribution in [1.82, 2.24) is 19.9 Å². The lowest BCUT2D eigenvalue weighted by Crippen LogP contribution is -1.87. The molecule has 1 aromatic heterocycles. The molecule has 0 spiro atoms. The molecule has 0 fully saturated rings. The van der Waals surface area contributed by atoms with Crippen LogP contribution in [0.1, 0.15) is 22.8 Å². The summed E-state index contributed by atoms with van der Waals surface area (Å²) in [5.74, 6) is 0. The average Bonchev–Trinajstić information content (AvgIpc) is 2.57. The molecule has 0 bridgehead atoms. The third kappa shape index (κ3) is 4.48. The van der Waals surface area contributed by atoms with Crippen LogP contribution >= 0.6 is 0 Å². The van der Waals surface area contributed by atoms with Crippen molar-refractivity contribution in [2.75, 3.05) is 0 Å². The second kappa shape index (κ2) is 7.83. The standard InChI is InChI=1S/C22H21N4/c1-15-13-16(2)24-21-11-7-8-12-22(21)26-18(4)14-17(3)25-20-10-6-5-9-19(20)23-15/h5-13H,1-4H3/q-1. The van der Waals surface area contributed by atoms with Gasteiger partial charge in [0.25, 0.3) is 0 Å². The number of hydrogen-bond acceptors (Lipinski definition) is 4. The van der Waals surface area contributed by atoms with E-state index in [1.807, 2.05) is 82.3 Å². The van der Waals surface area contributed by atoms with E-state index in [4.69, 9.17) is 9.97 Å². The van der Waals surface area contributed by atoms with E-state index in [0.717, 1.165) is 44.8 Å². The Morgan fingerprint density at radius 3 is 1.27 bits per heavy atom. The molecule has 4 heteroatoms. The summed E-state index contributed by atoms with van der Waals surface area (Å²) in [5.41, 5.74) is 6.51. The van der Waals surface area contributed by atoms with Crippen LogP contribution in [-0.4, -0.2) is 19.9 Å². The van der Waals surface area contributed by atoms with E-state index in [1.54, 1.807) is 0 Å². The van der Waals surface area contributed by atoms with Crippen LogP contribution in [0, 0.1) is 33.8 Å². The highest BCUT2D eigenvalue weighted by atomic mass is 14.8. The Bertz CT molecular complexity index is 917. The molecule has 2 aromatic carbocycles. The van der Waals surface area contributed by atoms with Crippen molar-refractivity contribution in [1.29, 1.82) is 0 Å². The zero-order chi connectivity index (χ0) is 18.5. The Hall–Kier alpha value is -3.14. The summed E-state index contributed by atoms with van der Waals surface area (Å²) in [6, 6.07) is 20.8. The summed E-state index contributed by atoms with van der Waals surface area (Å²) in [7, 11) is 0. The summed E-state index contributed by atoms with van der Waals surface area (Å²) in [6.45, 7) is 7.76. The van der Waals surface area contributed by atoms with Gasteiger partial charge in [0.15, 0.2) is 0 Å². The predicted octanol–water partition coefficient (Wildman–Crippen LogP) is 4.86. The van der Waals surface area contributed by atoms with Gasteiger partial charge in [0.2, 0.25) is 0 Å². The van der Waals surface area contributed by atoms with Crippen LogP contribution in [-0.2, 0) is 0 Å². The van der Waals surface area contributed by atoms with Gasteiger partial charge in [0.05, 0.1) is 22.1 Å². The normalized spacial score (nSPS) is 10.3. The smallest absolute Gasteiger partial charge is 0.0888 e. The molecule has 0 unspecified atom stereocenters. The van der Waals surface area contributed by atoms with Crippen LogP contribution in [0.4, 0.5) is 0 Å². The first kappa shape index (κ1) is 17.7. The summed E-state index contributed by atoms with van der Waals surface area (Å²) in [5, 5.41) is 0. The molecule has 130 valence electrons. The second-order valence-corrected chi connectivity index (χ2v) is 6.15. The van der Waals surface area contributed by atoms with Crippen molar-refractivity contribution in [3.05, 3.63) is 83.4 Å². The molecule has 3 aromatic rings. The van der Waals surface area contributed by atoms with Crippen molar-refractivity contribution in [2.45, 2.75) is 27.7 Å². The third-order valence-corrected chi connectivity index (χ3v) is 3.71. The van der Waals surface area contributed by atoms with Crippen molar-refractivity contribution in [3.63, 3.8) is 0 Å². The van der Waals surface area contributed by atoms with Gasteiger partial charge in [-0.2, -0.15) is 0 Å². The molecule has 0 aliphatic heterocycles. The summed E-state index contributed by atoms with van der Waals surface area (Å²) >= 11 is 0. The van der Waals surface area contributed by atoms with Gasteiger partial charge < -0.3 is 6.07 Å². The summed E-state index contributed by atoms with van der Waals surface area (Å²) < 4.78 is 0. The number of aryl methyl sites for hydroxylation is 4. The maximum absolute atomic E-state index is 4.70. The fourth-order valence-electron chi connectivity index (χ4n) is 2.73. The van der Waals surface area contributed by atoms with Crippen LogP contribution in [0.5, 0.6) is 0 Å². The largest absolute Gasteiger partial charge is 0.427 e. The Balaban J connectivity index is 2.48. The summed E-state index contributed by atoms with van der Waals surface area (Å²) in [4.78, 5) is 18.7. The minimum atomic E-state index is 0.754. The minimum Gasteiger partial charge on any atom is -0.427 e. The van der Waals surface area contributed by atoms with E-state index in [0.29, 0.717) is 0 Å². The number of para-hydroxylation sites is 4. The van der Waals surface area contributed by atoms with Gasteiger partial charge in [-0.25, -0.2) is 0 Å². The molecule has 1 heterocycles.